The second kappa shape index (κ2) is 9.26. The highest BCUT2D eigenvalue weighted by atomic mass is 35.5. The summed E-state index contributed by atoms with van der Waals surface area (Å²) >= 11 is 6.30. The third-order valence-electron chi connectivity index (χ3n) is 3.82. The molecule has 29 heavy (non-hydrogen) atoms. The van der Waals surface area contributed by atoms with Crippen LogP contribution >= 0.6 is 24.0 Å². The first-order valence-electron chi connectivity index (χ1n) is 8.77. The topological polar surface area (TPSA) is 106 Å². The van der Waals surface area contributed by atoms with Crippen molar-refractivity contribution in [1.82, 2.24) is 15.5 Å². The normalized spacial score (nSPS) is 10.9. The summed E-state index contributed by atoms with van der Waals surface area (Å²) in [6.45, 7) is 6.18. The molecular weight excluding hydrogens is 413 g/mol. The predicted octanol–water partition coefficient (Wildman–Crippen LogP) is 4.86. The number of carbonyl (C=O) groups excluding carboxylic acids is 1. The van der Waals surface area contributed by atoms with Gasteiger partial charge in [-0.2, -0.15) is 4.98 Å². The SMILES string of the molecule is CC(C)(C)NC(=O)Nc1ccc(Cl)c(-c2nc(-c3ccc(CN)cc3)no2)c1.Cl. The molecule has 0 unspecified atom stereocenters. The highest BCUT2D eigenvalue weighted by Gasteiger charge is 2.17. The fourth-order valence-corrected chi connectivity index (χ4v) is 2.71. The molecule has 1 aromatic heterocycles. The number of nitrogens with two attached hydrogens (primary N) is 1. The molecule has 3 rings (SSSR count). The van der Waals surface area contributed by atoms with Crippen LogP contribution in [0.2, 0.25) is 5.02 Å². The second-order valence-electron chi connectivity index (χ2n) is 7.35. The Morgan fingerprint density at radius 2 is 1.86 bits per heavy atom. The summed E-state index contributed by atoms with van der Waals surface area (Å²) < 4.78 is 5.38. The van der Waals surface area contributed by atoms with E-state index in [9.17, 15) is 4.79 Å². The number of hydrogen-bond donors (Lipinski definition) is 3. The number of amides is 2. The third-order valence-corrected chi connectivity index (χ3v) is 4.15. The molecule has 0 saturated carbocycles. The van der Waals surface area contributed by atoms with Crippen molar-refractivity contribution >= 4 is 35.7 Å². The van der Waals surface area contributed by atoms with Gasteiger partial charge in [0.05, 0.1) is 10.6 Å². The van der Waals surface area contributed by atoms with Gasteiger partial charge in [-0.3, -0.25) is 0 Å². The van der Waals surface area contributed by atoms with E-state index in [1.54, 1.807) is 18.2 Å². The van der Waals surface area contributed by atoms with Gasteiger partial charge < -0.3 is 20.9 Å². The molecule has 0 atom stereocenters. The van der Waals surface area contributed by atoms with E-state index in [0.717, 1.165) is 11.1 Å². The minimum absolute atomic E-state index is 0. The molecule has 2 amide bonds. The monoisotopic (exact) mass is 435 g/mol. The molecule has 0 aliphatic carbocycles. The fraction of sp³-hybridized carbons (Fsp3) is 0.250. The number of nitrogens with zero attached hydrogens (tertiary/aromatic N) is 2. The highest BCUT2D eigenvalue weighted by Crippen LogP contribution is 2.31. The van der Waals surface area contributed by atoms with Crippen LogP contribution in [0.25, 0.3) is 22.8 Å². The zero-order chi connectivity index (χ0) is 20.3. The summed E-state index contributed by atoms with van der Waals surface area (Å²) in [5, 5.41) is 10.1. The largest absolute Gasteiger partial charge is 0.334 e. The van der Waals surface area contributed by atoms with Crippen LogP contribution in [0.4, 0.5) is 10.5 Å². The van der Waals surface area contributed by atoms with Crippen molar-refractivity contribution in [3.8, 4) is 22.8 Å². The summed E-state index contributed by atoms with van der Waals surface area (Å²) in [7, 11) is 0. The van der Waals surface area contributed by atoms with Crippen LogP contribution < -0.4 is 16.4 Å². The van der Waals surface area contributed by atoms with Crippen LogP contribution in [0.1, 0.15) is 26.3 Å². The zero-order valence-electron chi connectivity index (χ0n) is 16.3. The molecule has 0 radical (unpaired) electrons. The third kappa shape index (κ3) is 5.93. The quantitative estimate of drug-likeness (QED) is 0.542. The minimum atomic E-state index is -0.347. The molecule has 7 nitrogen and oxygen atoms in total. The van der Waals surface area contributed by atoms with Crippen molar-refractivity contribution in [2.45, 2.75) is 32.9 Å². The average Bonchev–Trinajstić information content (AvgIpc) is 3.11. The van der Waals surface area contributed by atoms with Gasteiger partial charge in [0, 0.05) is 23.3 Å². The number of halogens is 2. The Morgan fingerprint density at radius 3 is 2.48 bits per heavy atom. The molecule has 3 aromatic rings. The molecule has 1 heterocycles. The van der Waals surface area contributed by atoms with Gasteiger partial charge in [-0.25, -0.2) is 4.79 Å². The molecule has 9 heteroatoms. The predicted molar refractivity (Wildman–Crippen MR) is 117 cm³/mol. The van der Waals surface area contributed by atoms with Crippen LogP contribution in [0.5, 0.6) is 0 Å². The summed E-state index contributed by atoms with van der Waals surface area (Å²) in [6, 6.07) is 12.3. The molecule has 4 N–H and O–H groups in total. The molecule has 2 aromatic carbocycles. The summed E-state index contributed by atoms with van der Waals surface area (Å²) in [4.78, 5) is 16.5. The number of aromatic nitrogens is 2. The van der Waals surface area contributed by atoms with Gasteiger partial charge in [0.2, 0.25) is 5.82 Å². The molecule has 0 fully saturated rings. The van der Waals surface area contributed by atoms with E-state index in [0.29, 0.717) is 28.6 Å². The summed E-state index contributed by atoms with van der Waals surface area (Å²) in [5.74, 6) is 0.709. The van der Waals surface area contributed by atoms with Crippen molar-refractivity contribution in [1.29, 1.82) is 0 Å². The molecule has 0 aliphatic rings. The van der Waals surface area contributed by atoms with Gasteiger partial charge in [-0.05, 0) is 44.5 Å². The fourth-order valence-electron chi connectivity index (χ4n) is 2.51. The lowest BCUT2D eigenvalue weighted by Gasteiger charge is -2.20. The maximum atomic E-state index is 12.1. The number of hydrogen-bond acceptors (Lipinski definition) is 5. The van der Waals surface area contributed by atoms with E-state index < -0.39 is 0 Å². The lowest BCUT2D eigenvalue weighted by molar-refractivity contribution is 0.244. The van der Waals surface area contributed by atoms with Crippen LogP contribution in [-0.4, -0.2) is 21.7 Å². The van der Waals surface area contributed by atoms with Crippen molar-refractivity contribution in [3.63, 3.8) is 0 Å². The lowest BCUT2D eigenvalue weighted by Crippen LogP contribution is -2.43. The Kier molecular flexibility index (Phi) is 7.24. The standard InChI is InChI=1S/C20H22ClN5O2.ClH/c1-20(2,3)25-19(27)23-14-8-9-16(21)15(10-14)18-24-17(26-28-18)13-6-4-12(11-22)5-7-13;/h4-10H,11,22H2,1-3H3,(H2,23,25,27);1H. The smallest absolute Gasteiger partial charge is 0.319 e. The van der Waals surface area contributed by atoms with Crippen molar-refractivity contribution in [2.24, 2.45) is 5.73 Å². The lowest BCUT2D eigenvalue weighted by atomic mass is 10.1. The molecule has 0 bridgehead atoms. The number of nitrogens with one attached hydrogen (secondary N) is 2. The average molecular weight is 436 g/mol. The van der Waals surface area contributed by atoms with Gasteiger partial charge in [-0.15, -0.1) is 12.4 Å². The molecule has 154 valence electrons. The molecule has 0 aliphatic heterocycles. The first-order valence-corrected chi connectivity index (χ1v) is 9.15. The van der Waals surface area contributed by atoms with Crippen molar-refractivity contribution in [2.75, 3.05) is 5.32 Å². The molecular formula is C20H23Cl2N5O2. The maximum Gasteiger partial charge on any atom is 0.319 e. The van der Waals surface area contributed by atoms with E-state index in [4.69, 9.17) is 21.9 Å². The van der Waals surface area contributed by atoms with Crippen LogP contribution in [0.3, 0.4) is 0 Å². The Morgan fingerprint density at radius 1 is 1.17 bits per heavy atom. The van der Waals surface area contributed by atoms with Gasteiger partial charge in [0.1, 0.15) is 0 Å². The Balaban J connectivity index is 0.00000300. The summed E-state index contributed by atoms with van der Waals surface area (Å²) in [6.07, 6.45) is 0. The first-order chi connectivity index (χ1) is 13.2. The molecule has 0 spiro atoms. The molecule has 0 saturated heterocycles. The number of anilines is 1. The van der Waals surface area contributed by atoms with Crippen molar-refractivity contribution < 1.29 is 9.32 Å². The highest BCUT2D eigenvalue weighted by molar-refractivity contribution is 6.33. The number of rotatable bonds is 4. The second-order valence-corrected chi connectivity index (χ2v) is 7.76. The van der Waals surface area contributed by atoms with E-state index in [-0.39, 0.29) is 29.9 Å². The zero-order valence-corrected chi connectivity index (χ0v) is 17.9. The van der Waals surface area contributed by atoms with E-state index >= 15 is 0 Å². The maximum absolute atomic E-state index is 12.1. The van der Waals surface area contributed by atoms with Gasteiger partial charge in [-0.1, -0.05) is 41.0 Å². The summed E-state index contributed by atoms with van der Waals surface area (Å²) in [5.41, 5.74) is 8.19. The van der Waals surface area contributed by atoms with E-state index in [1.165, 1.54) is 0 Å². The van der Waals surface area contributed by atoms with E-state index in [1.807, 2.05) is 45.0 Å². The minimum Gasteiger partial charge on any atom is -0.334 e. The van der Waals surface area contributed by atoms with Gasteiger partial charge in [0.15, 0.2) is 0 Å². The number of benzene rings is 2. The Bertz CT molecular complexity index is 981. The Hall–Kier alpha value is -2.61. The van der Waals surface area contributed by atoms with Gasteiger partial charge >= 0.3 is 6.03 Å². The van der Waals surface area contributed by atoms with Gasteiger partial charge in [0.25, 0.3) is 5.89 Å². The van der Waals surface area contributed by atoms with Crippen LogP contribution in [-0.2, 0) is 6.54 Å². The number of urea groups is 1. The van der Waals surface area contributed by atoms with Crippen LogP contribution in [0, 0.1) is 0 Å². The van der Waals surface area contributed by atoms with E-state index in [2.05, 4.69) is 20.8 Å². The van der Waals surface area contributed by atoms with Crippen LogP contribution in [0.15, 0.2) is 47.0 Å². The Labute approximate surface area is 180 Å². The van der Waals surface area contributed by atoms with Crippen molar-refractivity contribution in [3.05, 3.63) is 53.1 Å². The first kappa shape index (κ1) is 22.7. The number of carbonyl (C=O) groups is 1.